The minimum absolute atomic E-state index is 0.00964. The van der Waals surface area contributed by atoms with Crippen LogP contribution in [0.1, 0.15) is 33.2 Å². The molecule has 0 saturated heterocycles. The number of nitrogens with one attached hydrogen (secondary N) is 1. The molecule has 2 aromatic carbocycles. The zero-order valence-electron chi connectivity index (χ0n) is 17.5. The largest absolute Gasteiger partial charge is 0.462 e. The molecule has 2 aromatic rings. The van der Waals surface area contributed by atoms with Crippen LogP contribution in [0.15, 0.2) is 65.3 Å². The molecule has 1 aliphatic carbocycles. The van der Waals surface area contributed by atoms with Crippen LogP contribution in [0.2, 0.25) is 0 Å². The number of carbonyl (C=O) groups is 4. The first-order chi connectivity index (χ1) is 16.2. The van der Waals surface area contributed by atoms with Crippen molar-refractivity contribution in [3.63, 3.8) is 0 Å². The quantitative estimate of drug-likeness (QED) is 0.394. The van der Waals surface area contributed by atoms with E-state index in [2.05, 4.69) is 5.32 Å². The van der Waals surface area contributed by atoms with Crippen molar-refractivity contribution in [1.82, 2.24) is 0 Å². The molecule has 5 rings (SSSR count). The van der Waals surface area contributed by atoms with E-state index in [-0.39, 0.29) is 29.0 Å². The Morgan fingerprint density at radius 1 is 1.15 bits per heavy atom. The van der Waals surface area contributed by atoms with Crippen molar-refractivity contribution in [2.45, 2.75) is 12.3 Å². The van der Waals surface area contributed by atoms with Crippen LogP contribution in [0.25, 0.3) is 0 Å². The van der Waals surface area contributed by atoms with Gasteiger partial charge in [-0.25, -0.2) is 4.79 Å². The van der Waals surface area contributed by atoms with Gasteiger partial charge in [0.1, 0.15) is 11.0 Å². The summed E-state index contributed by atoms with van der Waals surface area (Å²) in [6, 6.07) is 9.41. The van der Waals surface area contributed by atoms with E-state index in [0.29, 0.717) is 0 Å². The highest BCUT2D eigenvalue weighted by Gasteiger charge is 2.63. The molecule has 2 heterocycles. The molecular formula is C23H15N3O8. The second-order valence-corrected chi connectivity index (χ2v) is 7.66. The normalized spacial score (nSPS) is 20.4. The number of non-ortho nitro benzene ring substituents is 1. The number of nitrogens with two attached hydrogens (primary N) is 1. The molecule has 0 bridgehead atoms. The number of esters is 1. The number of fused-ring (bicyclic) bond motifs is 4. The Balaban J connectivity index is 1.90. The predicted molar refractivity (Wildman–Crippen MR) is 114 cm³/mol. The van der Waals surface area contributed by atoms with Gasteiger partial charge in [0.05, 0.1) is 17.1 Å². The van der Waals surface area contributed by atoms with Gasteiger partial charge in [-0.1, -0.05) is 24.3 Å². The number of Topliss-reactive ketones (excluding diaryl/α,β-unsaturated/α-hetero) is 2. The minimum Gasteiger partial charge on any atom is -0.462 e. The van der Waals surface area contributed by atoms with E-state index in [1.807, 2.05) is 0 Å². The van der Waals surface area contributed by atoms with Crippen LogP contribution < -0.4 is 11.1 Å². The van der Waals surface area contributed by atoms with Gasteiger partial charge in [0, 0.05) is 34.5 Å². The Bertz CT molecular complexity index is 1440. The number of benzene rings is 2. The molecular weight excluding hydrogens is 446 g/mol. The third-order valence-corrected chi connectivity index (χ3v) is 5.97. The van der Waals surface area contributed by atoms with Crippen LogP contribution in [-0.4, -0.2) is 35.0 Å². The molecule has 1 amide bonds. The molecule has 0 fully saturated rings. The summed E-state index contributed by atoms with van der Waals surface area (Å²) in [6.45, 7) is 1.42. The lowest BCUT2D eigenvalue weighted by molar-refractivity contribution is -0.384. The third-order valence-electron chi connectivity index (χ3n) is 5.97. The SMILES string of the molecule is CCOC(=O)C1=C(N)OC2=C(C(=O)c3ccccc3C2=O)C12C(=O)Nc1ccc([N+](=O)[O-])cc12. The van der Waals surface area contributed by atoms with Gasteiger partial charge >= 0.3 is 5.97 Å². The molecule has 0 radical (unpaired) electrons. The average Bonchev–Trinajstić information content (AvgIpc) is 3.08. The van der Waals surface area contributed by atoms with Gasteiger partial charge in [0.15, 0.2) is 11.5 Å². The molecule has 0 saturated carbocycles. The summed E-state index contributed by atoms with van der Waals surface area (Å²) in [7, 11) is 0. The Hall–Kier alpha value is -4.80. The number of anilines is 1. The number of rotatable bonds is 3. The van der Waals surface area contributed by atoms with Crippen molar-refractivity contribution in [3.05, 3.63) is 92.1 Å². The highest BCUT2D eigenvalue weighted by atomic mass is 16.6. The van der Waals surface area contributed by atoms with Crippen molar-refractivity contribution in [1.29, 1.82) is 0 Å². The fraction of sp³-hybridized carbons (Fsp3) is 0.130. The number of ketones is 2. The first-order valence-electron chi connectivity index (χ1n) is 10.1. The molecule has 11 heteroatoms. The monoisotopic (exact) mass is 461 g/mol. The molecule has 3 N–H and O–H groups in total. The van der Waals surface area contributed by atoms with Gasteiger partial charge < -0.3 is 20.5 Å². The molecule has 11 nitrogen and oxygen atoms in total. The van der Waals surface area contributed by atoms with Crippen molar-refractivity contribution in [3.8, 4) is 0 Å². The number of amides is 1. The van der Waals surface area contributed by atoms with E-state index in [0.717, 1.165) is 12.1 Å². The van der Waals surface area contributed by atoms with E-state index in [1.165, 1.54) is 31.2 Å². The molecule has 1 spiro atoms. The van der Waals surface area contributed by atoms with Gasteiger partial charge in [-0.2, -0.15) is 0 Å². The lowest BCUT2D eigenvalue weighted by Crippen LogP contribution is -2.50. The Morgan fingerprint density at radius 2 is 1.82 bits per heavy atom. The topological polar surface area (TPSA) is 168 Å². The van der Waals surface area contributed by atoms with Crippen molar-refractivity contribution < 1.29 is 33.6 Å². The fourth-order valence-electron chi connectivity index (χ4n) is 4.62. The molecule has 3 aliphatic rings. The van der Waals surface area contributed by atoms with Gasteiger partial charge in [-0.15, -0.1) is 0 Å². The maximum atomic E-state index is 13.7. The summed E-state index contributed by atoms with van der Waals surface area (Å²) in [5.74, 6) is -4.59. The summed E-state index contributed by atoms with van der Waals surface area (Å²) in [5, 5.41) is 14.1. The first-order valence-corrected chi connectivity index (χ1v) is 10.1. The standard InChI is InChI=1S/C23H15N3O8/c1-2-33-21(29)16-20(24)34-19-15(17(27)11-5-3-4-6-12(11)18(19)28)23(16)13-9-10(26(31)32)7-8-14(13)25-22(23)30/h3-9H,2,24H2,1H3,(H,25,30). The van der Waals surface area contributed by atoms with Gasteiger partial charge in [0.25, 0.3) is 5.69 Å². The maximum absolute atomic E-state index is 13.7. The van der Waals surface area contributed by atoms with Crippen LogP contribution >= 0.6 is 0 Å². The second-order valence-electron chi connectivity index (χ2n) is 7.66. The van der Waals surface area contributed by atoms with Crippen LogP contribution in [0.5, 0.6) is 0 Å². The van der Waals surface area contributed by atoms with E-state index < -0.39 is 62.3 Å². The van der Waals surface area contributed by atoms with E-state index in [1.54, 1.807) is 6.07 Å². The van der Waals surface area contributed by atoms with Crippen LogP contribution in [-0.2, 0) is 24.5 Å². The van der Waals surface area contributed by atoms with Crippen LogP contribution in [0, 0.1) is 10.1 Å². The average molecular weight is 461 g/mol. The number of hydrogen-bond donors (Lipinski definition) is 2. The summed E-state index contributed by atoms with van der Waals surface area (Å²) < 4.78 is 10.6. The lowest BCUT2D eigenvalue weighted by Gasteiger charge is -2.37. The van der Waals surface area contributed by atoms with Gasteiger partial charge in [-0.3, -0.25) is 24.5 Å². The predicted octanol–water partition coefficient (Wildman–Crippen LogP) is 1.88. The van der Waals surface area contributed by atoms with Gasteiger partial charge in [-0.05, 0) is 13.0 Å². The maximum Gasteiger partial charge on any atom is 0.341 e. The lowest BCUT2D eigenvalue weighted by atomic mass is 9.64. The number of nitro benzene ring substituents is 1. The number of nitro groups is 1. The van der Waals surface area contributed by atoms with E-state index in [4.69, 9.17) is 15.2 Å². The van der Waals surface area contributed by atoms with Crippen molar-refractivity contribution in [2.75, 3.05) is 11.9 Å². The second kappa shape index (κ2) is 7.10. The number of nitrogens with zero attached hydrogens (tertiary/aromatic N) is 1. The summed E-state index contributed by atoms with van der Waals surface area (Å²) >= 11 is 0. The summed E-state index contributed by atoms with van der Waals surface area (Å²) in [5.41, 5.74) is 2.41. The molecule has 34 heavy (non-hydrogen) atoms. The minimum atomic E-state index is -2.30. The number of carbonyl (C=O) groups excluding carboxylic acids is 4. The Labute approximate surface area is 191 Å². The van der Waals surface area contributed by atoms with Crippen molar-refractivity contribution in [2.24, 2.45) is 5.73 Å². The fourth-order valence-corrected chi connectivity index (χ4v) is 4.62. The Kier molecular flexibility index (Phi) is 4.40. The van der Waals surface area contributed by atoms with E-state index >= 15 is 0 Å². The summed E-state index contributed by atoms with van der Waals surface area (Å²) in [4.78, 5) is 64.6. The highest BCUT2D eigenvalue weighted by Crippen LogP contribution is 2.55. The van der Waals surface area contributed by atoms with Gasteiger partial charge in [0.2, 0.25) is 17.6 Å². The van der Waals surface area contributed by atoms with E-state index in [9.17, 15) is 29.3 Å². The van der Waals surface area contributed by atoms with Crippen LogP contribution in [0.4, 0.5) is 11.4 Å². The number of hydrogen-bond acceptors (Lipinski definition) is 9. The number of allylic oxidation sites excluding steroid dienone is 1. The zero-order valence-corrected chi connectivity index (χ0v) is 17.5. The highest BCUT2D eigenvalue weighted by molar-refractivity contribution is 6.33. The first kappa shape index (κ1) is 21.1. The Morgan fingerprint density at radius 3 is 2.47 bits per heavy atom. The number of ether oxygens (including phenoxy) is 2. The van der Waals surface area contributed by atoms with Crippen LogP contribution in [0.3, 0.4) is 0 Å². The third kappa shape index (κ3) is 2.51. The summed E-state index contributed by atoms with van der Waals surface area (Å²) in [6.07, 6.45) is 0. The molecule has 0 aromatic heterocycles. The molecule has 1 unspecified atom stereocenters. The molecule has 1 atom stereocenters. The smallest absolute Gasteiger partial charge is 0.341 e. The molecule has 170 valence electrons. The van der Waals surface area contributed by atoms with Crippen molar-refractivity contribution >= 4 is 34.8 Å². The molecule has 2 aliphatic heterocycles. The zero-order chi connectivity index (χ0) is 24.4.